The number of nitrogens with zero attached hydrogens (tertiary/aromatic N) is 2. The minimum atomic E-state index is 0.0404. The van der Waals surface area contributed by atoms with E-state index in [4.69, 9.17) is 11.1 Å². The van der Waals surface area contributed by atoms with Gasteiger partial charge in [-0.15, -0.1) is 0 Å². The third kappa shape index (κ3) is 3.83. The Bertz CT molecular complexity index is 334. The quantitative estimate of drug-likeness (QED) is 0.503. The van der Waals surface area contributed by atoms with Crippen molar-refractivity contribution in [1.29, 1.82) is 5.41 Å². The van der Waals surface area contributed by atoms with Crippen LogP contribution in [0.1, 0.15) is 32.6 Å². The van der Waals surface area contributed by atoms with Crippen molar-refractivity contribution >= 4 is 11.9 Å². The molecule has 1 aliphatic carbocycles. The molecule has 0 spiro atoms. The molecule has 19 heavy (non-hydrogen) atoms. The van der Waals surface area contributed by atoms with Crippen molar-refractivity contribution in [2.24, 2.45) is 5.73 Å². The Morgan fingerprint density at radius 2 is 2.00 bits per heavy atom. The molecule has 0 aromatic rings. The van der Waals surface area contributed by atoms with Crippen molar-refractivity contribution in [2.45, 2.75) is 44.7 Å². The van der Waals surface area contributed by atoms with Gasteiger partial charge in [-0.1, -0.05) is 13.3 Å². The summed E-state index contributed by atoms with van der Waals surface area (Å²) in [6.07, 6.45) is 4.18. The van der Waals surface area contributed by atoms with Crippen LogP contribution in [-0.4, -0.2) is 59.9 Å². The molecule has 0 radical (unpaired) electrons. The molecule has 6 heteroatoms. The zero-order valence-corrected chi connectivity index (χ0v) is 11.7. The van der Waals surface area contributed by atoms with E-state index in [1.807, 2.05) is 4.90 Å². The number of amidine groups is 1. The Labute approximate surface area is 114 Å². The minimum absolute atomic E-state index is 0.0404. The van der Waals surface area contributed by atoms with Crippen LogP contribution in [-0.2, 0) is 0 Å². The average Bonchev–Trinajstić information content (AvgIpc) is 3.19. The number of carbonyl (C=O) groups excluding carboxylic acids is 1. The van der Waals surface area contributed by atoms with Gasteiger partial charge in [0, 0.05) is 32.2 Å². The Balaban J connectivity index is 1.79. The zero-order chi connectivity index (χ0) is 13.8. The number of rotatable bonds is 5. The van der Waals surface area contributed by atoms with E-state index < -0.39 is 0 Å². The van der Waals surface area contributed by atoms with Crippen LogP contribution in [0.25, 0.3) is 0 Å². The maximum absolute atomic E-state index is 11.9. The van der Waals surface area contributed by atoms with Crippen LogP contribution in [0, 0.1) is 5.41 Å². The predicted octanol–water partition coefficient (Wildman–Crippen LogP) is 0.581. The van der Waals surface area contributed by atoms with Gasteiger partial charge in [0.25, 0.3) is 0 Å². The minimum Gasteiger partial charge on any atom is -0.386 e. The van der Waals surface area contributed by atoms with E-state index in [-0.39, 0.29) is 17.9 Å². The zero-order valence-electron chi connectivity index (χ0n) is 11.7. The van der Waals surface area contributed by atoms with Crippen LogP contribution >= 0.6 is 0 Å². The molecule has 1 unspecified atom stereocenters. The third-order valence-electron chi connectivity index (χ3n) is 3.87. The molecule has 0 aromatic carbocycles. The first-order valence-electron chi connectivity index (χ1n) is 7.25. The lowest BCUT2D eigenvalue weighted by Gasteiger charge is -2.38. The smallest absolute Gasteiger partial charge is 0.317 e. The lowest BCUT2D eigenvalue weighted by molar-refractivity contribution is 0.124. The molecular weight excluding hydrogens is 242 g/mol. The highest BCUT2D eigenvalue weighted by atomic mass is 16.2. The number of nitrogens with two attached hydrogens (primary N) is 1. The summed E-state index contributed by atoms with van der Waals surface area (Å²) in [6, 6.07) is 0.520. The Hall–Kier alpha value is -1.30. The molecule has 1 heterocycles. The van der Waals surface area contributed by atoms with Crippen LogP contribution in [0.2, 0.25) is 0 Å². The first-order valence-corrected chi connectivity index (χ1v) is 7.25. The van der Waals surface area contributed by atoms with Gasteiger partial charge in [-0.05, 0) is 19.3 Å². The van der Waals surface area contributed by atoms with Crippen LogP contribution in [0.15, 0.2) is 0 Å². The second-order valence-electron chi connectivity index (χ2n) is 5.51. The van der Waals surface area contributed by atoms with Gasteiger partial charge in [0.1, 0.15) is 5.84 Å². The molecule has 0 bridgehead atoms. The maximum atomic E-state index is 11.9. The van der Waals surface area contributed by atoms with E-state index in [0.717, 1.165) is 51.9 Å². The van der Waals surface area contributed by atoms with Gasteiger partial charge in [0.2, 0.25) is 0 Å². The number of hydrogen-bond acceptors (Lipinski definition) is 3. The summed E-state index contributed by atoms with van der Waals surface area (Å²) in [5.74, 6) is 0.248. The standard InChI is InChI=1S/C13H25N5O/c1-2-3-11(12(14)15)17-6-8-18(9-7-17)13(19)16-10-4-5-10/h10-11H,2-9H2,1H3,(H3,14,15)(H,16,19). The fourth-order valence-corrected chi connectivity index (χ4v) is 2.54. The first-order chi connectivity index (χ1) is 9.11. The van der Waals surface area contributed by atoms with Gasteiger partial charge in [-0.25, -0.2) is 4.79 Å². The van der Waals surface area contributed by atoms with Crippen molar-refractivity contribution in [1.82, 2.24) is 15.1 Å². The van der Waals surface area contributed by atoms with E-state index in [2.05, 4.69) is 17.1 Å². The van der Waals surface area contributed by atoms with Gasteiger partial charge in [-0.2, -0.15) is 0 Å². The summed E-state index contributed by atoms with van der Waals surface area (Å²) in [5, 5.41) is 10.7. The Morgan fingerprint density at radius 1 is 1.37 bits per heavy atom. The van der Waals surface area contributed by atoms with Crippen molar-refractivity contribution in [2.75, 3.05) is 26.2 Å². The molecular formula is C13H25N5O. The average molecular weight is 267 g/mol. The lowest BCUT2D eigenvalue weighted by atomic mass is 10.1. The Kier molecular flexibility index (Phi) is 4.63. The van der Waals surface area contributed by atoms with E-state index in [9.17, 15) is 4.79 Å². The van der Waals surface area contributed by atoms with Gasteiger partial charge in [-0.3, -0.25) is 10.3 Å². The largest absolute Gasteiger partial charge is 0.386 e. The highest BCUT2D eigenvalue weighted by molar-refractivity contribution is 5.82. The molecule has 4 N–H and O–H groups in total. The lowest BCUT2D eigenvalue weighted by Crippen LogP contribution is -2.56. The molecule has 1 saturated heterocycles. The fraction of sp³-hybridized carbons (Fsp3) is 0.846. The summed E-state index contributed by atoms with van der Waals surface area (Å²) < 4.78 is 0. The summed E-state index contributed by atoms with van der Waals surface area (Å²) in [5.41, 5.74) is 5.67. The molecule has 2 amide bonds. The molecule has 1 aliphatic heterocycles. The topological polar surface area (TPSA) is 85.5 Å². The van der Waals surface area contributed by atoms with Gasteiger partial charge < -0.3 is 16.0 Å². The molecule has 0 aromatic heterocycles. The molecule has 2 rings (SSSR count). The van der Waals surface area contributed by atoms with Crippen molar-refractivity contribution in [3.05, 3.63) is 0 Å². The second-order valence-corrected chi connectivity index (χ2v) is 5.51. The maximum Gasteiger partial charge on any atom is 0.317 e. The number of carbonyl (C=O) groups is 1. The second kappa shape index (κ2) is 6.23. The summed E-state index contributed by atoms with van der Waals surface area (Å²) in [6.45, 7) is 5.18. The number of hydrogen-bond donors (Lipinski definition) is 3. The van der Waals surface area contributed by atoms with Crippen LogP contribution in [0.5, 0.6) is 0 Å². The molecule has 1 saturated carbocycles. The van der Waals surface area contributed by atoms with Crippen LogP contribution in [0.4, 0.5) is 4.79 Å². The summed E-state index contributed by atoms with van der Waals surface area (Å²) in [7, 11) is 0. The van der Waals surface area contributed by atoms with Gasteiger partial charge in [0.15, 0.2) is 0 Å². The van der Waals surface area contributed by atoms with E-state index >= 15 is 0 Å². The van der Waals surface area contributed by atoms with Crippen molar-refractivity contribution in [3.8, 4) is 0 Å². The van der Waals surface area contributed by atoms with Crippen molar-refractivity contribution in [3.63, 3.8) is 0 Å². The van der Waals surface area contributed by atoms with Gasteiger partial charge >= 0.3 is 6.03 Å². The summed E-state index contributed by atoms with van der Waals surface area (Å²) in [4.78, 5) is 16.0. The van der Waals surface area contributed by atoms with Crippen LogP contribution < -0.4 is 11.1 Å². The highest BCUT2D eigenvalue weighted by Crippen LogP contribution is 2.19. The van der Waals surface area contributed by atoms with E-state index in [1.165, 1.54) is 0 Å². The molecule has 2 aliphatic rings. The summed E-state index contributed by atoms with van der Waals surface area (Å²) >= 11 is 0. The number of piperazine rings is 1. The molecule has 1 atom stereocenters. The monoisotopic (exact) mass is 267 g/mol. The SMILES string of the molecule is CCCC(C(=N)N)N1CCN(C(=O)NC2CC2)CC1. The van der Waals surface area contributed by atoms with Crippen LogP contribution in [0.3, 0.4) is 0 Å². The molecule has 6 nitrogen and oxygen atoms in total. The van der Waals surface area contributed by atoms with Crippen molar-refractivity contribution < 1.29 is 4.79 Å². The third-order valence-corrected chi connectivity index (χ3v) is 3.87. The molecule has 2 fully saturated rings. The first kappa shape index (κ1) is 14.1. The fourth-order valence-electron chi connectivity index (χ4n) is 2.54. The highest BCUT2D eigenvalue weighted by Gasteiger charge is 2.30. The number of urea groups is 1. The van der Waals surface area contributed by atoms with E-state index in [1.54, 1.807) is 0 Å². The number of nitrogens with one attached hydrogen (secondary N) is 2. The number of amides is 2. The predicted molar refractivity (Wildman–Crippen MR) is 75.3 cm³/mol. The normalized spacial score (nSPS) is 22.1. The van der Waals surface area contributed by atoms with Gasteiger partial charge in [0.05, 0.1) is 6.04 Å². The van der Waals surface area contributed by atoms with E-state index in [0.29, 0.717) is 6.04 Å². The molecule has 108 valence electrons. The Morgan fingerprint density at radius 3 is 2.47 bits per heavy atom.